The largest absolute Gasteiger partial charge is 0.315 e. The van der Waals surface area contributed by atoms with Crippen molar-refractivity contribution in [2.45, 2.75) is 52.9 Å². The van der Waals surface area contributed by atoms with Crippen LogP contribution in [-0.2, 0) is 9.36 Å². The van der Waals surface area contributed by atoms with E-state index in [1.54, 1.807) is 0 Å². The van der Waals surface area contributed by atoms with Crippen LogP contribution < -0.4 is 0 Å². The molecule has 0 aromatic carbocycles. The first-order chi connectivity index (χ1) is 5.74. The Labute approximate surface area is 81.5 Å². The molecule has 0 rings (SSSR count). The van der Waals surface area contributed by atoms with Crippen molar-refractivity contribution in [1.29, 1.82) is 0 Å². The van der Waals surface area contributed by atoms with Crippen LogP contribution in [0.3, 0.4) is 0 Å². The third kappa shape index (κ3) is 2.43. The fourth-order valence-corrected chi connectivity index (χ4v) is 4.53. The molecule has 0 aliphatic rings. The number of carbonyl (C=O) groups excluding carboxylic acids is 1. The molecule has 78 valence electrons. The van der Waals surface area contributed by atoms with Gasteiger partial charge in [0.25, 0.3) is 0 Å². The maximum Gasteiger partial charge on any atom is 0.194 e. The Bertz CT molecular complexity index is 217. The highest BCUT2D eigenvalue weighted by Crippen LogP contribution is 2.57. The fraction of sp³-hybridized carbons (Fsp3) is 0.900. The second-order valence-corrected chi connectivity index (χ2v) is 8.31. The number of carbonyl (C=O) groups is 1. The average Bonchev–Trinajstić information content (AvgIpc) is 2.00. The summed E-state index contributed by atoms with van der Waals surface area (Å²) in [5.74, 6) is -0.115. The highest BCUT2D eigenvalue weighted by molar-refractivity contribution is 7.81. The van der Waals surface area contributed by atoms with Crippen LogP contribution in [0.1, 0.15) is 41.5 Å². The van der Waals surface area contributed by atoms with Crippen LogP contribution >= 0.6 is 7.14 Å². The van der Waals surface area contributed by atoms with Crippen LogP contribution in [0.4, 0.5) is 0 Å². The van der Waals surface area contributed by atoms with Crippen LogP contribution in [0.15, 0.2) is 0 Å². The van der Waals surface area contributed by atoms with Gasteiger partial charge in [0.05, 0.1) is 0 Å². The van der Waals surface area contributed by atoms with Gasteiger partial charge in [-0.3, -0.25) is 4.79 Å². The molecule has 0 amide bonds. The van der Waals surface area contributed by atoms with Gasteiger partial charge in [-0.2, -0.15) is 0 Å². The summed E-state index contributed by atoms with van der Waals surface area (Å²) in [6.45, 7) is 11.1. The van der Waals surface area contributed by atoms with Gasteiger partial charge < -0.3 is 4.57 Å². The lowest BCUT2D eigenvalue weighted by Crippen LogP contribution is -2.20. The van der Waals surface area contributed by atoms with Gasteiger partial charge in [-0.05, 0) is 0 Å². The maximum absolute atomic E-state index is 12.4. The van der Waals surface area contributed by atoms with Crippen molar-refractivity contribution in [2.24, 2.45) is 5.92 Å². The molecule has 0 atom stereocenters. The first-order valence-corrected chi connectivity index (χ1v) is 6.72. The third-order valence-electron chi connectivity index (χ3n) is 2.37. The lowest BCUT2D eigenvalue weighted by molar-refractivity contribution is -0.114. The second-order valence-electron chi connectivity index (χ2n) is 4.39. The molecule has 0 aliphatic heterocycles. The summed E-state index contributed by atoms with van der Waals surface area (Å²) < 4.78 is 12.4. The second kappa shape index (κ2) is 4.41. The molecule has 0 N–H and O–H groups in total. The van der Waals surface area contributed by atoms with E-state index < -0.39 is 7.14 Å². The topological polar surface area (TPSA) is 34.1 Å². The van der Waals surface area contributed by atoms with E-state index in [2.05, 4.69) is 0 Å². The van der Waals surface area contributed by atoms with E-state index in [1.165, 1.54) is 0 Å². The zero-order chi connectivity index (χ0) is 10.8. The molecular weight excluding hydrogens is 183 g/mol. The molecule has 0 heterocycles. The number of hydrogen-bond acceptors (Lipinski definition) is 2. The van der Waals surface area contributed by atoms with E-state index >= 15 is 0 Å². The van der Waals surface area contributed by atoms with Gasteiger partial charge in [0.1, 0.15) is 0 Å². The molecule has 0 radical (unpaired) electrons. The van der Waals surface area contributed by atoms with Crippen molar-refractivity contribution in [2.75, 3.05) is 0 Å². The van der Waals surface area contributed by atoms with E-state index in [0.29, 0.717) is 0 Å². The standard InChI is InChI=1S/C10H21O2P/c1-7(2)10(11)13(12,8(3)4)9(5)6/h7-9H,1-6H3. The van der Waals surface area contributed by atoms with Crippen molar-refractivity contribution >= 4 is 12.7 Å². The van der Waals surface area contributed by atoms with Crippen molar-refractivity contribution < 1.29 is 9.36 Å². The number of rotatable bonds is 4. The molecule has 0 fully saturated rings. The Hall–Kier alpha value is -0.100. The van der Waals surface area contributed by atoms with E-state index in [4.69, 9.17) is 0 Å². The monoisotopic (exact) mass is 204 g/mol. The minimum atomic E-state index is -2.65. The smallest absolute Gasteiger partial charge is 0.194 e. The first-order valence-electron chi connectivity index (χ1n) is 4.88. The highest BCUT2D eigenvalue weighted by Gasteiger charge is 2.38. The molecule has 0 saturated heterocycles. The Kier molecular flexibility index (Phi) is 4.38. The quantitative estimate of drug-likeness (QED) is 0.658. The summed E-state index contributed by atoms with van der Waals surface area (Å²) in [5.41, 5.74) is -0.0951. The van der Waals surface area contributed by atoms with E-state index in [9.17, 15) is 9.36 Å². The SMILES string of the molecule is CC(C)C(=O)P(=O)(C(C)C)C(C)C. The Morgan fingerprint density at radius 1 is 0.923 bits per heavy atom. The molecular formula is C10H21O2P. The van der Waals surface area contributed by atoms with Gasteiger partial charge in [0.2, 0.25) is 0 Å². The van der Waals surface area contributed by atoms with E-state index in [-0.39, 0.29) is 22.8 Å². The van der Waals surface area contributed by atoms with Crippen LogP contribution in [0.2, 0.25) is 0 Å². The van der Waals surface area contributed by atoms with Gasteiger partial charge >= 0.3 is 0 Å². The Balaban J connectivity index is 5.04. The minimum absolute atomic E-state index is 0.0256. The van der Waals surface area contributed by atoms with Crippen LogP contribution in [0, 0.1) is 5.92 Å². The molecule has 13 heavy (non-hydrogen) atoms. The van der Waals surface area contributed by atoms with E-state index in [1.807, 2.05) is 41.5 Å². The normalized spacial score (nSPS) is 13.0. The predicted octanol–water partition coefficient (Wildman–Crippen LogP) is 3.35. The average molecular weight is 204 g/mol. The van der Waals surface area contributed by atoms with Gasteiger partial charge in [0.15, 0.2) is 12.7 Å². The van der Waals surface area contributed by atoms with Crippen molar-refractivity contribution in [3.63, 3.8) is 0 Å². The van der Waals surface area contributed by atoms with Crippen molar-refractivity contribution in [3.8, 4) is 0 Å². The first kappa shape index (κ1) is 12.9. The van der Waals surface area contributed by atoms with Gasteiger partial charge in [-0.1, -0.05) is 41.5 Å². The molecule has 0 aromatic heterocycles. The lowest BCUT2D eigenvalue weighted by Gasteiger charge is -2.25. The predicted molar refractivity (Wildman–Crippen MR) is 57.7 cm³/mol. The van der Waals surface area contributed by atoms with E-state index in [0.717, 1.165) is 0 Å². The molecule has 0 aromatic rings. The van der Waals surface area contributed by atoms with Crippen LogP contribution in [-0.4, -0.2) is 16.8 Å². The summed E-state index contributed by atoms with van der Waals surface area (Å²) in [4.78, 5) is 11.8. The molecule has 0 saturated carbocycles. The van der Waals surface area contributed by atoms with Crippen LogP contribution in [0.25, 0.3) is 0 Å². The summed E-state index contributed by atoms with van der Waals surface area (Å²) in [7, 11) is -2.65. The van der Waals surface area contributed by atoms with Crippen LogP contribution in [0.5, 0.6) is 0 Å². The molecule has 0 spiro atoms. The summed E-state index contributed by atoms with van der Waals surface area (Å²) in [6, 6.07) is 0. The minimum Gasteiger partial charge on any atom is -0.315 e. The summed E-state index contributed by atoms with van der Waals surface area (Å²) in [5, 5.41) is 0. The molecule has 2 nitrogen and oxygen atoms in total. The van der Waals surface area contributed by atoms with Gasteiger partial charge in [-0.15, -0.1) is 0 Å². The van der Waals surface area contributed by atoms with Crippen molar-refractivity contribution in [3.05, 3.63) is 0 Å². The lowest BCUT2D eigenvalue weighted by atomic mass is 10.3. The fourth-order valence-electron chi connectivity index (χ4n) is 1.51. The zero-order valence-electron chi connectivity index (χ0n) is 9.50. The third-order valence-corrected chi connectivity index (χ3v) is 6.65. The molecule has 0 unspecified atom stereocenters. The van der Waals surface area contributed by atoms with Gasteiger partial charge in [-0.25, -0.2) is 0 Å². The Morgan fingerprint density at radius 3 is 1.31 bits per heavy atom. The van der Waals surface area contributed by atoms with Gasteiger partial charge in [0, 0.05) is 17.2 Å². The Morgan fingerprint density at radius 2 is 1.23 bits per heavy atom. The maximum atomic E-state index is 12.4. The highest BCUT2D eigenvalue weighted by atomic mass is 31.2. The number of hydrogen-bond donors (Lipinski definition) is 0. The summed E-state index contributed by atoms with van der Waals surface area (Å²) in [6.07, 6.45) is 0. The zero-order valence-corrected chi connectivity index (χ0v) is 10.4. The molecule has 0 aliphatic carbocycles. The molecule has 3 heteroatoms. The van der Waals surface area contributed by atoms with Crippen molar-refractivity contribution in [1.82, 2.24) is 0 Å². The molecule has 0 bridgehead atoms. The summed E-state index contributed by atoms with van der Waals surface area (Å²) >= 11 is 0.